The average Bonchev–Trinajstić information content (AvgIpc) is 2.82. The standard InChI is InChI=1S/C13H22N4OS/c1-10(19-13-16-15-9-17(13)2)12(18)14-8-11-6-4-3-5-7-11/h9-11H,3-8H2,1-2H3,(H,14,18)/t10-/m0/s1. The zero-order chi connectivity index (χ0) is 13.7. The fourth-order valence-corrected chi connectivity index (χ4v) is 3.19. The first-order chi connectivity index (χ1) is 9.16. The van der Waals surface area contributed by atoms with Crippen LogP contribution in [0.2, 0.25) is 0 Å². The zero-order valence-corrected chi connectivity index (χ0v) is 12.4. The van der Waals surface area contributed by atoms with Crippen molar-refractivity contribution in [3.8, 4) is 0 Å². The van der Waals surface area contributed by atoms with Gasteiger partial charge in [0.05, 0.1) is 5.25 Å². The first kappa shape index (κ1) is 14.4. The van der Waals surface area contributed by atoms with E-state index in [-0.39, 0.29) is 11.2 Å². The molecule has 1 amide bonds. The van der Waals surface area contributed by atoms with E-state index in [1.165, 1.54) is 43.9 Å². The monoisotopic (exact) mass is 282 g/mol. The van der Waals surface area contributed by atoms with E-state index in [2.05, 4.69) is 15.5 Å². The fourth-order valence-electron chi connectivity index (χ4n) is 2.37. The largest absolute Gasteiger partial charge is 0.355 e. The van der Waals surface area contributed by atoms with Crippen LogP contribution in [0.3, 0.4) is 0 Å². The Morgan fingerprint density at radius 2 is 2.26 bits per heavy atom. The van der Waals surface area contributed by atoms with Crippen LogP contribution in [0.15, 0.2) is 11.5 Å². The van der Waals surface area contributed by atoms with Gasteiger partial charge < -0.3 is 9.88 Å². The minimum Gasteiger partial charge on any atom is -0.355 e. The normalized spacial score (nSPS) is 18.2. The number of thioether (sulfide) groups is 1. The van der Waals surface area contributed by atoms with Gasteiger partial charge in [-0.2, -0.15) is 0 Å². The number of carbonyl (C=O) groups is 1. The van der Waals surface area contributed by atoms with Gasteiger partial charge in [-0.25, -0.2) is 0 Å². The molecular formula is C13H22N4OS. The molecule has 5 nitrogen and oxygen atoms in total. The highest BCUT2D eigenvalue weighted by Crippen LogP contribution is 2.23. The van der Waals surface area contributed by atoms with E-state index in [0.29, 0.717) is 5.92 Å². The van der Waals surface area contributed by atoms with Crippen molar-refractivity contribution >= 4 is 17.7 Å². The molecule has 1 aliphatic carbocycles. The number of nitrogens with zero attached hydrogens (tertiary/aromatic N) is 3. The molecule has 1 fully saturated rings. The van der Waals surface area contributed by atoms with Crippen molar-refractivity contribution in [3.63, 3.8) is 0 Å². The third-order valence-corrected chi connectivity index (χ3v) is 4.76. The summed E-state index contributed by atoms with van der Waals surface area (Å²) in [6.07, 6.45) is 8.13. The second-order valence-corrected chi connectivity index (χ2v) is 6.54. The molecule has 19 heavy (non-hydrogen) atoms. The van der Waals surface area contributed by atoms with Crippen LogP contribution < -0.4 is 5.32 Å². The number of aryl methyl sites for hydroxylation is 1. The molecule has 0 radical (unpaired) electrons. The Morgan fingerprint density at radius 3 is 2.89 bits per heavy atom. The summed E-state index contributed by atoms with van der Waals surface area (Å²) in [5.41, 5.74) is 0. The summed E-state index contributed by atoms with van der Waals surface area (Å²) in [6, 6.07) is 0. The van der Waals surface area contributed by atoms with Gasteiger partial charge in [0.15, 0.2) is 5.16 Å². The maximum absolute atomic E-state index is 12.0. The number of aromatic nitrogens is 3. The molecule has 1 aliphatic rings. The van der Waals surface area contributed by atoms with E-state index in [1.54, 1.807) is 6.33 Å². The number of nitrogens with one attached hydrogen (secondary N) is 1. The maximum Gasteiger partial charge on any atom is 0.233 e. The topological polar surface area (TPSA) is 59.8 Å². The van der Waals surface area contributed by atoms with Crippen LogP contribution in [0.25, 0.3) is 0 Å². The molecule has 6 heteroatoms. The van der Waals surface area contributed by atoms with Crippen molar-refractivity contribution in [3.05, 3.63) is 6.33 Å². The smallest absolute Gasteiger partial charge is 0.233 e. The van der Waals surface area contributed by atoms with Crippen LogP contribution in [0.5, 0.6) is 0 Å². The van der Waals surface area contributed by atoms with Crippen molar-refractivity contribution in [1.29, 1.82) is 0 Å². The first-order valence-corrected chi connectivity index (χ1v) is 7.83. The van der Waals surface area contributed by atoms with Gasteiger partial charge in [0.25, 0.3) is 0 Å². The molecule has 0 aromatic carbocycles. The van der Waals surface area contributed by atoms with Gasteiger partial charge in [0.1, 0.15) is 6.33 Å². The molecule has 106 valence electrons. The number of rotatable bonds is 5. The van der Waals surface area contributed by atoms with Crippen LogP contribution in [-0.2, 0) is 11.8 Å². The van der Waals surface area contributed by atoms with Gasteiger partial charge in [-0.3, -0.25) is 4.79 Å². The van der Waals surface area contributed by atoms with Crippen LogP contribution >= 0.6 is 11.8 Å². The lowest BCUT2D eigenvalue weighted by molar-refractivity contribution is -0.120. The lowest BCUT2D eigenvalue weighted by Gasteiger charge is -2.22. The molecule has 0 unspecified atom stereocenters. The van der Waals surface area contributed by atoms with E-state index in [0.717, 1.165) is 11.7 Å². The quantitative estimate of drug-likeness (QED) is 0.839. The number of hydrogen-bond acceptors (Lipinski definition) is 4. The maximum atomic E-state index is 12.0. The Balaban J connectivity index is 1.74. The summed E-state index contributed by atoms with van der Waals surface area (Å²) in [5, 5.41) is 11.5. The highest BCUT2D eigenvalue weighted by molar-refractivity contribution is 8.00. The van der Waals surface area contributed by atoms with Crippen LogP contribution in [-0.4, -0.2) is 32.5 Å². The van der Waals surface area contributed by atoms with E-state index in [9.17, 15) is 4.79 Å². The summed E-state index contributed by atoms with van der Waals surface area (Å²) in [7, 11) is 1.88. The fraction of sp³-hybridized carbons (Fsp3) is 0.769. The van der Waals surface area contributed by atoms with Crippen molar-refractivity contribution in [2.45, 2.75) is 49.4 Å². The molecule has 0 saturated heterocycles. The Kier molecular flexibility index (Phi) is 5.24. The Bertz CT molecular complexity index is 415. The van der Waals surface area contributed by atoms with Crippen molar-refractivity contribution in [2.75, 3.05) is 6.54 Å². The van der Waals surface area contributed by atoms with Gasteiger partial charge in [0, 0.05) is 13.6 Å². The summed E-state index contributed by atoms with van der Waals surface area (Å²) in [5.74, 6) is 0.767. The molecular weight excluding hydrogens is 260 g/mol. The average molecular weight is 282 g/mol. The Morgan fingerprint density at radius 1 is 1.53 bits per heavy atom. The minimum absolute atomic E-state index is 0.0959. The van der Waals surface area contributed by atoms with Crippen molar-refractivity contribution < 1.29 is 4.79 Å². The van der Waals surface area contributed by atoms with Crippen LogP contribution in [0.1, 0.15) is 39.0 Å². The van der Waals surface area contributed by atoms with Gasteiger partial charge in [-0.15, -0.1) is 10.2 Å². The third-order valence-electron chi connectivity index (χ3n) is 3.61. The number of hydrogen-bond donors (Lipinski definition) is 1. The van der Waals surface area contributed by atoms with Gasteiger partial charge in [-0.1, -0.05) is 31.0 Å². The first-order valence-electron chi connectivity index (χ1n) is 6.95. The number of amides is 1. The third kappa shape index (κ3) is 4.23. The highest BCUT2D eigenvalue weighted by atomic mass is 32.2. The zero-order valence-electron chi connectivity index (χ0n) is 11.6. The highest BCUT2D eigenvalue weighted by Gasteiger charge is 2.19. The molecule has 1 atom stereocenters. The Labute approximate surface area is 118 Å². The second-order valence-electron chi connectivity index (χ2n) is 5.23. The lowest BCUT2D eigenvalue weighted by Crippen LogP contribution is -2.35. The predicted octanol–water partition coefficient (Wildman–Crippen LogP) is 1.99. The van der Waals surface area contributed by atoms with Crippen molar-refractivity contribution in [1.82, 2.24) is 20.1 Å². The van der Waals surface area contributed by atoms with E-state index < -0.39 is 0 Å². The molecule has 0 spiro atoms. The molecule has 1 aromatic heterocycles. The summed E-state index contributed by atoms with van der Waals surface area (Å²) in [4.78, 5) is 12.0. The minimum atomic E-state index is -0.133. The predicted molar refractivity (Wildman–Crippen MR) is 75.9 cm³/mol. The lowest BCUT2D eigenvalue weighted by atomic mass is 9.89. The van der Waals surface area contributed by atoms with E-state index in [1.807, 2.05) is 18.5 Å². The molecule has 1 N–H and O–H groups in total. The summed E-state index contributed by atoms with van der Waals surface area (Å²) in [6.45, 7) is 2.73. The van der Waals surface area contributed by atoms with Gasteiger partial charge in [-0.05, 0) is 25.7 Å². The Hall–Kier alpha value is -1.04. The molecule has 0 bridgehead atoms. The van der Waals surface area contributed by atoms with Crippen LogP contribution in [0, 0.1) is 5.92 Å². The second kappa shape index (κ2) is 6.93. The molecule has 2 rings (SSSR count). The van der Waals surface area contributed by atoms with E-state index >= 15 is 0 Å². The molecule has 1 heterocycles. The molecule has 1 saturated carbocycles. The number of carbonyl (C=O) groups excluding carboxylic acids is 1. The molecule has 0 aliphatic heterocycles. The van der Waals surface area contributed by atoms with Crippen molar-refractivity contribution in [2.24, 2.45) is 13.0 Å². The molecule has 1 aromatic rings. The van der Waals surface area contributed by atoms with Gasteiger partial charge in [0.2, 0.25) is 5.91 Å². The van der Waals surface area contributed by atoms with Crippen LogP contribution in [0.4, 0.5) is 0 Å². The summed E-state index contributed by atoms with van der Waals surface area (Å²) < 4.78 is 1.83. The SMILES string of the molecule is C[C@H](Sc1nncn1C)C(=O)NCC1CCCCC1. The van der Waals surface area contributed by atoms with Gasteiger partial charge >= 0.3 is 0 Å². The summed E-state index contributed by atoms with van der Waals surface area (Å²) >= 11 is 1.45. The van der Waals surface area contributed by atoms with E-state index in [4.69, 9.17) is 0 Å².